The highest BCUT2D eigenvalue weighted by Crippen LogP contribution is 2.31. The van der Waals surface area contributed by atoms with Crippen molar-refractivity contribution in [3.8, 4) is 0 Å². The monoisotopic (exact) mass is 348 g/mol. The number of nitrogens with two attached hydrogens (primary N) is 1. The summed E-state index contributed by atoms with van der Waals surface area (Å²) in [6, 6.07) is 8.22. The number of hydrogen-bond donors (Lipinski definition) is 2. The minimum Gasteiger partial charge on any atom is -0.271 e. The van der Waals surface area contributed by atoms with Crippen molar-refractivity contribution in [2.24, 2.45) is 5.84 Å². The molecule has 0 aliphatic heterocycles. The van der Waals surface area contributed by atoms with E-state index in [1.54, 1.807) is 23.5 Å². The summed E-state index contributed by atoms with van der Waals surface area (Å²) in [4.78, 5) is 1.10. The number of nitrogens with one attached hydrogen (secondary N) is 1. The molecule has 0 radical (unpaired) electrons. The van der Waals surface area contributed by atoms with E-state index in [2.05, 4.69) is 21.4 Å². The Kier molecular flexibility index (Phi) is 4.75. The van der Waals surface area contributed by atoms with Crippen LogP contribution >= 0.6 is 38.9 Å². The van der Waals surface area contributed by atoms with Crippen LogP contribution in [0.5, 0.6) is 0 Å². The number of hydrogen-bond acceptors (Lipinski definition) is 3. The van der Waals surface area contributed by atoms with E-state index in [1.165, 1.54) is 6.07 Å². The second-order valence-corrected chi connectivity index (χ2v) is 6.72. The summed E-state index contributed by atoms with van der Waals surface area (Å²) < 4.78 is 14.8. The summed E-state index contributed by atoms with van der Waals surface area (Å²) in [5, 5.41) is 0.383. The zero-order valence-corrected chi connectivity index (χ0v) is 12.4. The average Bonchev–Trinajstić information content (AvgIpc) is 2.73. The lowest BCUT2D eigenvalue weighted by Crippen LogP contribution is -2.30. The molecule has 0 fully saturated rings. The maximum atomic E-state index is 13.8. The van der Waals surface area contributed by atoms with Crippen LogP contribution in [0.2, 0.25) is 5.02 Å². The second-order valence-electron chi connectivity index (χ2n) is 3.76. The Bertz CT molecular complexity index is 526. The molecule has 2 aromatic rings. The molecular weight excluding hydrogens is 339 g/mol. The molecule has 2 nitrogen and oxygen atoms in total. The van der Waals surface area contributed by atoms with Gasteiger partial charge in [0.25, 0.3) is 0 Å². The molecular formula is C12H11BrClFN2S. The van der Waals surface area contributed by atoms with E-state index < -0.39 is 0 Å². The molecule has 1 aromatic heterocycles. The van der Waals surface area contributed by atoms with Gasteiger partial charge in [0, 0.05) is 21.9 Å². The first-order chi connectivity index (χ1) is 8.61. The maximum Gasteiger partial charge on any atom is 0.129 e. The van der Waals surface area contributed by atoms with Crippen molar-refractivity contribution in [2.45, 2.75) is 12.5 Å². The standard InChI is InChI=1S/C12H11BrClFN2S/c13-11-5-4-7(18-11)6-10(17-16)12-8(14)2-1-3-9(12)15/h1-5,10,17H,6,16H2. The predicted octanol–water partition coefficient (Wildman–Crippen LogP) is 4.05. The van der Waals surface area contributed by atoms with Crippen molar-refractivity contribution in [2.75, 3.05) is 0 Å². The third-order valence-electron chi connectivity index (χ3n) is 2.58. The van der Waals surface area contributed by atoms with Gasteiger partial charge in [0.2, 0.25) is 0 Å². The van der Waals surface area contributed by atoms with Gasteiger partial charge < -0.3 is 0 Å². The van der Waals surface area contributed by atoms with E-state index in [-0.39, 0.29) is 11.9 Å². The third-order valence-corrected chi connectivity index (χ3v) is 4.56. The van der Waals surface area contributed by atoms with E-state index in [9.17, 15) is 4.39 Å². The summed E-state index contributed by atoms with van der Waals surface area (Å²) in [6.45, 7) is 0. The molecule has 1 aromatic carbocycles. The summed E-state index contributed by atoms with van der Waals surface area (Å²) in [5.74, 6) is 5.17. The van der Waals surface area contributed by atoms with Gasteiger partial charge in [0.1, 0.15) is 5.82 Å². The Labute approximate surface area is 122 Å². The Balaban J connectivity index is 2.28. The molecule has 3 N–H and O–H groups in total. The summed E-state index contributed by atoms with van der Waals surface area (Å²) >= 11 is 11.0. The van der Waals surface area contributed by atoms with Crippen LogP contribution in [0.1, 0.15) is 16.5 Å². The van der Waals surface area contributed by atoms with Crippen molar-refractivity contribution < 1.29 is 4.39 Å². The van der Waals surface area contributed by atoms with Crippen molar-refractivity contribution in [3.63, 3.8) is 0 Å². The van der Waals surface area contributed by atoms with Gasteiger partial charge in [-0.05, 0) is 40.2 Å². The van der Waals surface area contributed by atoms with Crippen molar-refractivity contribution in [3.05, 3.63) is 55.4 Å². The first-order valence-electron chi connectivity index (χ1n) is 5.26. The van der Waals surface area contributed by atoms with E-state index in [4.69, 9.17) is 17.4 Å². The maximum absolute atomic E-state index is 13.8. The molecule has 6 heteroatoms. The highest BCUT2D eigenvalue weighted by atomic mass is 79.9. The molecule has 1 atom stereocenters. The first kappa shape index (κ1) is 14.0. The van der Waals surface area contributed by atoms with Gasteiger partial charge in [-0.2, -0.15) is 0 Å². The van der Waals surface area contributed by atoms with Gasteiger partial charge in [-0.3, -0.25) is 11.3 Å². The highest BCUT2D eigenvalue weighted by Gasteiger charge is 2.19. The fraction of sp³-hybridized carbons (Fsp3) is 0.167. The van der Waals surface area contributed by atoms with E-state index >= 15 is 0 Å². The van der Waals surface area contributed by atoms with E-state index in [0.29, 0.717) is 17.0 Å². The molecule has 96 valence electrons. The summed E-state index contributed by atoms with van der Waals surface area (Å²) in [5.41, 5.74) is 3.03. The largest absolute Gasteiger partial charge is 0.271 e. The smallest absolute Gasteiger partial charge is 0.129 e. The summed E-state index contributed by atoms with van der Waals surface area (Å²) in [7, 11) is 0. The Morgan fingerprint density at radius 3 is 2.72 bits per heavy atom. The molecule has 1 heterocycles. The number of rotatable bonds is 4. The molecule has 0 spiro atoms. The minimum atomic E-state index is -0.346. The lowest BCUT2D eigenvalue weighted by atomic mass is 10.0. The lowest BCUT2D eigenvalue weighted by Gasteiger charge is -2.17. The van der Waals surface area contributed by atoms with Crippen LogP contribution in [0.4, 0.5) is 4.39 Å². The van der Waals surface area contributed by atoms with Gasteiger partial charge in [-0.25, -0.2) is 4.39 Å². The first-order valence-corrected chi connectivity index (χ1v) is 7.25. The average molecular weight is 350 g/mol. The van der Waals surface area contributed by atoms with Gasteiger partial charge in [-0.15, -0.1) is 11.3 Å². The second kappa shape index (κ2) is 6.12. The van der Waals surface area contributed by atoms with Crippen LogP contribution in [0, 0.1) is 5.82 Å². The van der Waals surface area contributed by atoms with Gasteiger partial charge in [-0.1, -0.05) is 17.7 Å². The summed E-state index contributed by atoms with van der Waals surface area (Å²) in [6.07, 6.45) is 0.591. The Hall–Kier alpha value is -0.460. The van der Waals surface area contributed by atoms with Gasteiger partial charge in [0.15, 0.2) is 0 Å². The molecule has 0 saturated heterocycles. The molecule has 2 rings (SSSR count). The SMILES string of the molecule is NNC(Cc1ccc(Br)s1)c1c(F)cccc1Cl. The molecule has 18 heavy (non-hydrogen) atoms. The molecule has 1 unspecified atom stereocenters. The number of halogens is 3. The normalized spacial score (nSPS) is 12.7. The molecule has 0 aliphatic carbocycles. The topological polar surface area (TPSA) is 38.0 Å². The van der Waals surface area contributed by atoms with E-state index in [0.717, 1.165) is 8.66 Å². The molecule has 0 aliphatic rings. The van der Waals surface area contributed by atoms with Crippen LogP contribution in [0.15, 0.2) is 34.1 Å². The van der Waals surface area contributed by atoms with Crippen molar-refractivity contribution >= 4 is 38.9 Å². The molecule has 0 amide bonds. The van der Waals surface area contributed by atoms with E-state index in [1.807, 2.05) is 12.1 Å². The highest BCUT2D eigenvalue weighted by molar-refractivity contribution is 9.11. The Morgan fingerprint density at radius 1 is 1.39 bits per heavy atom. The Morgan fingerprint density at radius 2 is 2.17 bits per heavy atom. The number of hydrazine groups is 1. The van der Waals surface area contributed by atoms with Gasteiger partial charge >= 0.3 is 0 Å². The lowest BCUT2D eigenvalue weighted by molar-refractivity contribution is 0.513. The molecule has 0 bridgehead atoms. The van der Waals surface area contributed by atoms with Crippen LogP contribution in [-0.4, -0.2) is 0 Å². The van der Waals surface area contributed by atoms with Crippen LogP contribution in [0.3, 0.4) is 0 Å². The zero-order chi connectivity index (χ0) is 13.1. The van der Waals surface area contributed by atoms with Crippen molar-refractivity contribution in [1.82, 2.24) is 5.43 Å². The van der Waals surface area contributed by atoms with Crippen LogP contribution in [0.25, 0.3) is 0 Å². The quantitative estimate of drug-likeness (QED) is 0.645. The predicted molar refractivity (Wildman–Crippen MR) is 77.2 cm³/mol. The van der Waals surface area contributed by atoms with Gasteiger partial charge in [0.05, 0.1) is 9.83 Å². The molecule has 0 saturated carbocycles. The third kappa shape index (κ3) is 3.10. The number of thiophene rings is 1. The van der Waals surface area contributed by atoms with Crippen LogP contribution in [-0.2, 0) is 6.42 Å². The number of benzene rings is 1. The zero-order valence-electron chi connectivity index (χ0n) is 9.29. The fourth-order valence-electron chi connectivity index (χ4n) is 1.75. The minimum absolute atomic E-state index is 0.343. The van der Waals surface area contributed by atoms with Crippen LogP contribution < -0.4 is 11.3 Å². The fourth-order valence-corrected chi connectivity index (χ4v) is 3.57. The van der Waals surface area contributed by atoms with Crippen molar-refractivity contribution in [1.29, 1.82) is 0 Å².